The van der Waals surface area contributed by atoms with Crippen LogP contribution in [0.3, 0.4) is 0 Å². The fourth-order valence-electron chi connectivity index (χ4n) is 2.06. The van der Waals surface area contributed by atoms with Crippen molar-refractivity contribution in [2.24, 2.45) is 5.73 Å². The molecule has 0 amide bonds. The molecule has 0 fully saturated rings. The summed E-state index contributed by atoms with van der Waals surface area (Å²) in [5, 5.41) is 7.58. The molecule has 3 N–H and O–H groups in total. The second-order valence-corrected chi connectivity index (χ2v) is 4.67. The molecule has 0 aliphatic heterocycles. The summed E-state index contributed by atoms with van der Waals surface area (Å²) in [4.78, 5) is 4.00. The van der Waals surface area contributed by atoms with Crippen molar-refractivity contribution in [1.29, 1.82) is 5.41 Å². The zero-order chi connectivity index (χ0) is 14.4. The highest BCUT2D eigenvalue weighted by molar-refractivity contribution is 5.98. The van der Waals surface area contributed by atoms with Gasteiger partial charge in [-0.3, -0.25) is 10.4 Å². The highest BCUT2D eigenvalue weighted by atomic mass is 16.5. The van der Waals surface area contributed by atoms with Gasteiger partial charge in [0.1, 0.15) is 11.6 Å². The largest absolute Gasteiger partial charge is 0.493 e. The Kier molecular flexibility index (Phi) is 4.71. The minimum atomic E-state index is 0.0397. The smallest absolute Gasteiger partial charge is 0.133 e. The Morgan fingerprint density at radius 3 is 2.70 bits per heavy atom. The maximum absolute atomic E-state index is 7.58. The number of nitrogens with one attached hydrogen (secondary N) is 1. The maximum Gasteiger partial charge on any atom is 0.133 e. The summed E-state index contributed by atoms with van der Waals surface area (Å²) in [6.45, 7) is 2.57. The van der Waals surface area contributed by atoms with Gasteiger partial charge in [0.05, 0.1) is 12.2 Å². The van der Waals surface area contributed by atoms with Gasteiger partial charge in [0, 0.05) is 12.4 Å². The van der Waals surface area contributed by atoms with Gasteiger partial charge in [0.25, 0.3) is 0 Å². The zero-order valence-electron chi connectivity index (χ0n) is 11.6. The lowest BCUT2D eigenvalue weighted by molar-refractivity contribution is 0.308. The second-order valence-electron chi connectivity index (χ2n) is 4.67. The van der Waals surface area contributed by atoms with E-state index >= 15 is 0 Å². The van der Waals surface area contributed by atoms with Crippen molar-refractivity contribution in [1.82, 2.24) is 4.98 Å². The number of hydrogen-bond acceptors (Lipinski definition) is 3. The highest BCUT2D eigenvalue weighted by Crippen LogP contribution is 2.23. The van der Waals surface area contributed by atoms with Crippen LogP contribution in [-0.4, -0.2) is 17.4 Å². The summed E-state index contributed by atoms with van der Waals surface area (Å²) >= 11 is 0. The van der Waals surface area contributed by atoms with Crippen LogP contribution in [0, 0.1) is 12.3 Å². The molecule has 0 saturated carbocycles. The average Bonchev–Trinajstić information content (AvgIpc) is 2.45. The lowest BCUT2D eigenvalue weighted by Crippen LogP contribution is -2.14. The zero-order valence-corrected chi connectivity index (χ0v) is 11.6. The normalized spacial score (nSPS) is 10.2. The SMILES string of the molecule is Cc1cccc(C(=N)N)c1OCCCc1ccncc1. The van der Waals surface area contributed by atoms with Crippen molar-refractivity contribution >= 4 is 5.84 Å². The van der Waals surface area contributed by atoms with Crippen LogP contribution >= 0.6 is 0 Å². The van der Waals surface area contributed by atoms with Gasteiger partial charge in [-0.15, -0.1) is 0 Å². The molecular formula is C16H19N3O. The number of amidine groups is 1. The predicted molar refractivity (Wildman–Crippen MR) is 80.2 cm³/mol. The molecular weight excluding hydrogens is 250 g/mol. The third-order valence-electron chi connectivity index (χ3n) is 3.11. The van der Waals surface area contributed by atoms with Crippen molar-refractivity contribution in [2.75, 3.05) is 6.61 Å². The number of hydrogen-bond donors (Lipinski definition) is 2. The Morgan fingerprint density at radius 2 is 2.00 bits per heavy atom. The van der Waals surface area contributed by atoms with Gasteiger partial charge in [0.2, 0.25) is 0 Å². The van der Waals surface area contributed by atoms with Crippen molar-refractivity contribution in [3.63, 3.8) is 0 Å². The van der Waals surface area contributed by atoms with Crippen LogP contribution in [0.5, 0.6) is 5.75 Å². The molecule has 0 aliphatic carbocycles. The fraction of sp³-hybridized carbons (Fsp3) is 0.250. The molecule has 4 nitrogen and oxygen atoms in total. The maximum atomic E-state index is 7.58. The van der Waals surface area contributed by atoms with E-state index < -0.39 is 0 Å². The van der Waals surface area contributed by atoms with E-state index in [1.807, 2.05) is 37.3 Å². The molecule has 20 heavy (non-hydrogen) atoms. The third kappa shape index (κ3) is 3.57. The number of nitrogen functional groups attached to an aromatic ring is 1. The first-order valence-corrected chi connectivity index (χ1v) is 6.64. The van der Waals surface area contributed by atoms with E-state index in [9.17, 15) is 0 Å². The van der Waals surface area contributed by atoms with Gasteiger partial charge in [0.15, 0.2) is 0 Å². The number of para-hydroxylation sites is 1. The third-order valence-corrected chi connectivity index (χ3v) is 3.11. The van der Waals surface area contributed by atoms with Crippen LogP contribution in [0.4, 0.5) is 0 Å². The first kappa shape index (κ1) is 14.1. The number of ether oxygens (including phenoxy) is 1. The monoisotopic (exact) mass is 269 g/mol. The summed E-state index contributed by atoms with van der Waals surface area (Å²) in [6.07, 6.45) is 5.45. The van der Waals surface area contributed by atoms with E-state index in [2.05, 4.69) is 4.98 Å². The molecule has 0 bridgehead atoms. The van der Waals surface area contributed by atoms with Gasteiger partial charge >= 0.3 is 0 Å². The lowest BCUT2D eigenvalue weighted by Gasteiger charge is -2.13. The van der Waals surface area contributed by atoms with E-state index in [0.29, 0.717) is 12.2 Å². The van der Waals surface area contributed by atoms with Crippen molar-refractivity contribution in [3.05, 3.63) is 59.4 Å². The first-order valence-electron chi connectivity index (χ1n) is 6.64. The number of pyridine rings is 1. The number of benzene rings is 1. The van der Waals surface area contributed by atoms with Crippen LogP contribution in [0.1, 0.15) is 23.1 Å². The van der Waals surface area contributed by atoms with E-state index in [1.54, 1.807) is 12.4 Å². The molecule has 0 saturated heterocycles. The van der Waals surface area contributed by atoms with Gasteiger partial charge < -0.3 is 10.5 Å². The second kappa shape index (κ2) is 6.70. The molecule has 2 rings (SSSR count). The molecule has 0 aliphatic rings. The number of nitrogens with two attached hydrogens (primary N) is 1. The summed E-state index contributed by atoms with van der Waals surface area (Å²) in [7, 11) is 0. The first-order chi connectivity index (χ1) is 9.68. The van der Waals surface area contributed by atoms with E-state index in [4.69, 9.17) is 15.9 Å². The standard InChI is InChI=1S/C16H19N3O/c1-12-4-2-6-14(16(17)18)15(12)20-11-3-5-13-7-9-19-10-8-13/h2,4,6-10H,3,5,11H2,1H3,(H3,17,18). The molecule has 0 unspecified atom stereocenters. The number of rotatable bonds is 6. The van der Waals surface area contributed by atoms with E-state index in [0.717, 1.165) is 24.2 Å². The molecule has 4 heteroatoms. The molecule has 1 aromatic heterocycles. The van der Waals surface area contributed by atoms with Crippen LogP contribution < -0.4 is 10.5 Å². The minimum Gasteiger partial charge on any atom is -0.493 e. The van der Waals surface area contributed by atoms with E-state index in [-0.39, 0.29) is 5.84 Å². The lowest BCUT2D eigenvalue weighted by atomic mass is 10.1. The molecule has 0 atom stereocenters. The predicted octanol–water partition coefficient (Wildman–Crippen LogP) is 2.69. The quantitative estimate of drug-likeness (QED) is 0.481. The van der Waals surface area contributed by atoms with Crippen molar-refractivity contribution < 1.29 is 4.74 Å². The number of aryl methyl sites for hydroxylation is 2. The van der Waals surface area contributed by atoms with Crippen LogP contribution in [0.25, 0.3) is 0 Å². The van der Waals surface area contributed by atoms with Gasteiger partial charge in [-0.2, -0.15) is 0 Å². The Balaban J connectivity index is 1.93. The molecule has 0 spiro atoms. The van der Waals surface area contributed by atoms with Gasteiger partial charge in [-0.1, -0.05) is 12.1 Å². The van der Waals surface area contributed by atoms with Gasteiger partial charge in [-0.05, 0) is 49.1 Å². The average molecular weight is 269 g/mol. The van der Waals surface area contributed by atoms with Crippen LogP contribution in [0.2, 0.25) is 0 Å². The van der Waals surface area contributed by atoms with Gasteiger partial charge in [-0.25, -0.2) is 0 Å². The van der Waals surface area contributed by atoms with Crippen LogP contribution in [-0.2, 0) is 6.42 Å². The van der Waals surface area contributed by atoms with Crippen LogP contribution in [0.15, 0.2) is 42.7 Å². The molecule has 1 heterocycles. The summed E-state index contributed by atoms with van der Waals surface area (Å²) in [5.41, 5.74) is 8.49. The topological polar surface area (TPSA) is 72.0 Å². The van der Waals surface area contributed by atoms with Crippen molar-refractivity contribution in [2.45, 2.75) is 19.8 Å². The molecule has 1 aromatic carbocycles. The summed E-state index contributed by atoms with van der Waals surface area (Å²) < 4.78 is 5.81. The Bertz CT molecular complexity index is 582. The highest BCUT2D eigenvalue weighted by Gasteiger charge is 2.09. The fourth-order valence-corrected chi connectivity index (χ4v) is 2.06. The molecule has 2 aromatic rings. The summed E-state index contributed by atoms with van der Waals surface area (Å²) in [5.74, 6) is 0.757. The molecule has 0 radical (unpaired) electrons. The van der Waals surface area contributed by atoms with Crippen molar-refractivity contribution in [3.8, 4) is 5.75 Å². The number of aromatic nitrogens is 1. The minimum absolute atomic E-state index is 0.0397. The Morgan fingerprint density at radius 1 is 1.25 bits per heavy atom. The summed E-state index contributed by atoms with van der Waals surface area (Å²) in [6, 6.07) is 9.68. The molecule has 104 valence electrons. The van der Waals surface area contributed by atoms with E-state index in [1.165, 1.54) is 5.56 Å². The Labute approximate surface area is 119 Å². The Hall–Kier alpha value is -2.36. The number of nitrogens with zero attached hydrogens (tertiary/aromatic N) is 1.